The van der Waals surface area contributed by atoms with Crippen molar-refractivity contribution in [1.29, 1.82) is 0 Å². The number of aromatic hydroxyl groups is 2. The molecule has 0 aromatic heterocycles. The number of nitrogens with one attached hydrogen (secondary N) is 7. The molecule has 0 spiro atoms. The predicted octanol–water partition coefficient (Wildman–Crippen LogP) is 1.16. The molecule has 105 heavy (non-hydrogen) atoms. The van der Waals surface area contributed by atoms with Crippen LogP contribution in [0.2, 0.25) is 0 Å². The number of esters is 1. The number of benzene rings is 2. The number of carboxylic acids is 1. The fourth-order valence-corrected chi connectivity index (χ4v) is 18.7. The molecule has 2 aromatic carbocycles. The number of carbonyl (C=O) groups excluding carboxylic acids is 15. The summed E-state index contributed by atoms with van der Waals surface area (Å²) < 4.78 is 4.96. The van der Waals surface area contributed by atoms with E-state index >= 15 is 0 Å². The molecule has 0 aliphatic carbocycles. The third-order valence-corrected chi connectivity index (χ3v) is 24.7. The number of hydrogen-bond donors (Lipinski definition) is 13. The van der Waals surface area contributed by atoms with E-state index in [4.69, 9.17) is 16.2 Å². The Hall–Kier alpha value is -7.42. The number of rotatable bonds is 14. The largest absolute Gasteiger partial charge is 0.508 e. The van der Waals surface area contributed by atoms with Crippen molar-refractivity contribution < 1.29 is 102 Å². The van der Waals surface area contributed by atoms with E-state index in [1.165, 1.54) is 45.0 Å². The first-order chi connectivity index (χ1) is 49.7. The highest BCUT2D eigenvalue weighted by molar-refractivity contribution is 8.77. The van der Waals surface area contributed by atoms with Crippen molar-refractivity contribution in [1.82, 2.24) is 42.1 Å². The lowest BCUT2D eigenvalue weighted by Crippen LogP contribution is -2.60. The Kier molecular flexibility index (Phi) is 37.5. The Bertz CT molecular complexity index is 3430. The molecule has 31 nitrogen and oxygen atoms in total. The van der Waals surface area contributed by atoms with Crippen LogP contribution < -0.4 is 48.7 Å². The molecular formula is C68H94N10O21S6. The van der Waals surface area contributed by atoms with Gasteiger partial charge in [-0.15, -0.1) is 0 Å². The molecule has 4 aliphatic rings. The van der Waals surface area contributed by atoms with E-state index in [0.29, 0.717) is 18.6 Å². The molecule has 4 aliphatic heterocycles. The van der Waals surface area contributed by atoms with Crippen LogP contribution in [0.15, 0.2) is 48.5 Å². The van der Waals surface area contributed by atoms with E-state index in [1.807, 2.05) is 0 Å². The molecule has 0 saturated carbocycles. The molecule has 15 N–H and O–H groups in total. The van der Waals surface area contributed by atoms with Gasteiger partial charge in [-0.2, -0.15) is 0 Å². The lowest BCUT2D eigenvalue weighted by Gasteiger charge is -2.30. The molecule has 37 heteroatoms. The zero-order chi connectivity index (χ0) is 77.6. The van der Waals surface area contributed by atoms with E-state index in [-0.39, 0.29) is 96.4 Å². The van der Waals surface area contributed by atoms with Crippen molar-refractivity contribution in [2.75, 3.05) is 47.7 Å². The van der Waals surface area contributed by atoms with Crippen molar-refractivity contribution in [3.63, 3.8) is 0 Å². The van der Waals surface area contributed by atoms with Crippen LogP contribution in [0.4, 0.5) is 0 Å². The number of ether oxygens (including phenoxy) is 1. The van der Waals surface area contributed by atoms with Gasteiger partial charge in [0.25, 0.3) is 0 Å². The summed E-state index contributed by atoms with van der Waals surface area (Å²) in [5, 5.41) is 58.3. The first kappa shape index (κ1) is 88.2. The number of primary amides is 1. The van der Waals surface area contributed by atoms with E-state index in [2.05, 4.69) is 37.2 Å². The van der Waals surface area contributed by atoms with Crippen molar-refractivity contribution in [2.45, 2.75) is 179 Å². The van der Waals surface area contributed by atoms with Gasteiger partial charge in [-0.05, 0) is 102 Å². The third-order valence-electron chi connectivity index (χ3n) is 17.1. The SMILES string of the molecule is CCOC(=O)[C@@H](CC(C)=O)Cc1ccc(O)cc1.C[C@@H]1CSSC[C@@H]2NC(=O)[C@H](Cc3ccc(O)cc3)CC(=O)[C@H](CCC(=O)O)NC(=O)[C@@H]3CSSC[C@H](CC(=O)[C@H](C)NC(=O)[C@@H]4CCCN4C(=O)[C@H](CC(N)=O)NC(=O)C(CSSC[C@H](N)C(=O)C3)NC2=O)C(=O)N[C@@H]([C@H](C)O)C(=O)CCC(=O)N1. The number of phenols is 2. The molecule has 4 heterocycles. The molecule has 14 atom stereocenters. The molecule has 9 amide bonds. The fourth-order valence-electron chi connectivity index (χ4n) is 11.3. The first-order valence-electron chi connectivity index (χ1n) is 34.1. The van der Waals surface area contributed by atoms with Crippen LogP contribution in [0.5, 0.6) is 11.5 Å². The maximum atomic E-state index is 14.8. The van der Waals surface area contributed by atoms with Gasteiger partial charge in [-0.25, -0.2) is 0 Å². The number of hydrogen-bond acceptors (Lipinski definition) is 27. The second-order valence-corrected chi connectivity index (χ2v) is 33.6. The van der Waals surface area contributed by atoms with Gasteiger partial charge in [-0.1, -0.05) is 89.0 Å². The number of carboxylic acid groups (broad SMARTS) is 1. The molecule has 578 valence electrons. The second-order valence-electron chi connectivity index (χ2n) is 25.9. The number of aliphatic hydroxyl groups is 1. The second kappa shape index (κ2) is 44.6. The van der Waals surface area contributed by atoms with Crippen LogP contribution in [0.3, 0.4) is 0 Å². The summed E-state index contributed by atoms with van der Waals surface area (Å²) >= 11 is 0. The van der Waals surface area contributed by atoms with Gasteiger partial charge in [0.1, 0.15) is 47.5 Å². The molecule has 2 aromatic rings. The van der Waals surface area contributed by atoms with Gasteiger partial charge >= 0.3 is 11.9 Å². The van der Waals surface area contributed by atoms with Gasteiger partial charge < -0.3 is 83.5 Å². The first-order valence-corrected chi connectivity index (χ1v) is 41.6. The molecule has 6 rings (SSSR count). The summed E-state index contributed by atoms with van der Waals surface area (Å²) in [4.78, 5) is 220. The molecule has 0 radical (unpaired) electrons. The van der Waals surface area contributed by atoms with Crippen LogP contribution in [-0.4, -0.2) is 227 Å². The topological polar surface area (TPSA) is 503 Å². The number of phenolic OH excluding ortho intramolecular Hbond substituents is 2. The van der Waals surface area contributed by atoms with Crippen LogP contribution in [0.25, 0.3) is 0 Å². The minimum absolute atomic E-state index is 0.0353. The summed E-state index contributed by atoms with van der Waals surface area (Å²) in [6.07, 6.45) is -5.27. The summed E-state index contributed by atoms with van der Waals surface area (Å²) in [5.74, 6) is -18.0. The number of fused-ring (bicyclic) bond motifs is 20. The zero-order valence-electron chi connectivity index (χ0n) is 58.8. The smallest absolute Gasteiger partial charge is 0.309 e. The lowest BCUT2D eigenvalue weighted by molar-refractivity contribution is -0.149. The van der Waals surface area contributed by atoms with Crippen LogP contribution in [0, 0.1) is 23.7 Å². The van der Waals surface area contributed by atoms with E-state index in [9.17, 15) is 97.1 Å². The molecular weight excluding hydrogens is 1490 g/mol. The number of aliphatic carboxylic acids is 1. The third kappa shape index (κ3) is 30.4. The van der Waals surface area contributed by atoms with Gasteiger partial charge in [-0.3, -0.25) is 71.9 Å². The summed E-state index contributed by atoms with van der Waals surface area (Å²) in [6.45, 7) is 7.71. The average Bonchev–Trinajstić information content (AvgIpc) is 1.78. The Morgan fingerprint density at radius 3 is 1.74 bits per heavy atom. The van der Waals surface area contributed by atoms with Crippen LogP contribution in [-0.2, 0) is 94.3 Å². The predicted molar refractivity (Wildman–Crippen MR) is 397 cm³/mol. The number of nitrogens with zero attached hydrogens (tertiary/aromatic N) is 1. The standard InChI is InChI=1S/C54H76N10O17S6.C14H18O4/c1-26-20-82-86-24-37-52(79)62-38-25-87-85-23-34(55)42(69)18-32(49(76)59-35(10-13-46(73)74)43(70)16-30(48(75)61-37)15-29-6-8-33(66)9-7-29)22-84-83-21-31(50(77)63-47(28(3)65)40(67)11-12-45(72)57-26)17-41(68)27(2)58-53(80)39-5-4-14-64(39)54(81)36(19-44(56)71)60-51(38)78;1-3-18-14(17)12(8-10(2)15)9-11-4-6-13(16)7-5-11/h6-9,26-28,30-32,34-39,47,65-66H,4-5,10-25,55H2,1-3H3,(H2,56,71)(H,57,72)(H,58,80)(H,59,76)(H,60,78)(H,61,75)(H,62,79)(H,63,77)(H,73,74);4-7,12,16H,3,8-9H2,1-2H3/t26-,27+,28+,30-,31+,32+,34+,35+,36+,37+,38?,39+,47+;12-/m10/s1. The Balaban J connectivity index is 0.000000956. The average molecular weight is 1580 g/mol. The van der Waals surface area contributed by atoms with E-state index in [1.54, 1.807) is 38.1 Å². The molecule has 4 saturated heterocycles. The number of carbonyl (C=O) groups is 16. The summed E-state index contributed by atoms with van der Waals surface area (Å²) in [7, 11) is 6.11. The molecule has 1 unspecified atom stereocenters. The maximum absolute atomic E-state index is 14.8. The monoisotopic (exact) mass is 1580 g/mol. The highest BCUT2D eigenvalue weighted by atomic mass is 33.1. The minimum Gasteiger partial charge on any atom is -0.508 e. The van der Waals surface area contributed by atoms with Crippen molar-refractivity contribution >= 4 is 159 Å². The number of amides is 9. The van der Waals surface area contributed by atoms with Gasteiger partial charge in [0, 0.05) is 98.0 Å². The van der Waals surface area contributed by atoms with Gasteiger partial charge in [0.2, 0.25) is 53.2 Å². The quantitative estimate of drug-likeness (QED) is 0.0932. The fraction of sp³-hybridized carbons (Fsp3) is 0.588. The summed E-state index contributed by atoms with van der Waals surface area (Å²) in [6, 6.07) is -0.200. The van der Waals surface area contributed by atoms with Gasteiger partial charge in [0.05, 0.1) is 55.0 Å². The maximum Gasteiger partial charge on any atom is 0.309 e. The number of aliphatic hydroxyl groups excluding tert-OH is 1. The van der Waals surface area contributed by atoms with E-state index < -0.39 is 211 Å². The number of nitrogens with two attached hydrogens (primary N) is 2. The van der Waals surface area contributed by atoms with Gasteiger partial charge in [0.15, 0.2) is 23.1 Å². The number of ketones is 5. The highest BCUT2D eigenvalue weighted by Crippen LogP contribution is 2.32. The minimum atomic E-state index is -1.73. The Morgan fingerprint density at radius 2 is 1.16 bits per heavy atom. The summed E-state index contributed by atoms with van der Waals surface area (Å²) in [5.41, 5.74) is 13.4. The highest BCUT2D eigenvalue weighted by Gasteiger charge is 2.42. The number of Topliss-reactive ketones (excluding diaryl/α,β-unsaturated/α-hetero) is 5. The molecule has 4 bridgehead atoms. The lowest BCUT2D eigenvalue weighted by atomic mass is 9.89. The zero-order valence-corrected chi connectivity index (χ0v) is 63.7. The van der Waals surface area contributed by atoms with Crippen molar-refractivity contribution in [3.05, 3.63) is 59.7 Å². The van der Waals surface area contributed by atoms with E-state index in [0.717, 1.165) is 75.2 Å². The van der Waals surface area contributed by atoms with Crippen molar-refractivity contribution in [2.24, 2.45) is 35.1 Å². The van der Waals surface area contributed by atoms with Crippen molar-refractivity contribution in [3.8, 4) is 11.5 Å². The molecule has 4 fully saturated rings. The van der Waals surface area contributed by atoms with Crippen LogP contribution in [0.1, 0.15) is 116 Å². The Labute approximate surface area is 631 Å². The van der Waals surface area contributed by atoms with Crippen LogP contribution >= 0.6 is 64.8 Å². The normalized spacial score (nSPS) is 26.9. The Morgan fingerprint density at radius 1 is 0.619 bits per heavy atom.